The summed E-state index contributed by atoms with van der Waals surface area (Å²) in [5.74, 6) is -0.253. The largest absolute Gasteiger partial charge is 0.326 e. The molecule has 1 amide bonds. The number of halogens is 1. The number of carbonyl (C=O) groups excluding carboxylic acids is 2. The van der Waals surface area contributed by atoms with Gasteiger partial charge in [0.05, 0.1) is 11.7 Å². The average molecular weight is 496 g/mol. The number of fused-ring (bicyclic) bond motifs is 1. The summed E-state index contributed by atoms with van der Waals surface area (Å²) >= 11 is 4.85. The van der Waals surface area contributed by atoms with Crippen molar-refractivity contribution >= 4 is 54.9 Å². The number of hydrogen-bond donors (Lipinski definition) is 1. The summed E-state index contributed by atoms with van der Waals surface area (Å²) in [5, 5.41) is 5.28. The molecule has 0 radical (unpaired) electrons. The molecule has 0 aliphatic carbocycles. The van der Waals surface area contributed by atoms with E-state index in [-0.39, 0.29) is 30.2 Å². The van der Waals surface area contributed by atoms with Crippen LogP contribution in [-0.4, -0.2) is 21.2 Å². The Morgan fingerprint density at radius 1 is 1.10 bits per heavy atom. The fourth-order valence-corrected chi connectivity index (χ4v) is 4.37. The van der Waals surface area contributed by atoms with Crippen molar-refractivity contribution < 1.29 is 9.59 Å². The van der Waals surface area contributed by atoms with Gasteiger partial charge in [-0.25, -0.2) is 4.98 Å². The minimum absolute atomic E-state index is 0.0314. The first-order valence-corrected chi connectivity index (χ1v) is 11.2. The predicted molar refractivity (Wildman–Crippen MR) is 127 cm³/mol. The average Bonchev–Trinajstić information content (AvgIpc) is 3.19. The molecule has 8 heteroatoms. The maximum atomic E-state index is 13.1. The Bertz CT molecular complexity index is 1330. The Morgan fingerprint density at radius 2 is 1.81 bits per heavy atom. The number of anilines is 1. The van der Waals surface area contributed by atoms with Crippen molar-refractivity contribution in [3.05, 3.63) is 80.6 Å². The van der Waals surface area contributed by atoms with Crippen molar-refractivity contribution in [2.24, 2.45) is 0 Å². The zero-order valence-corrected chi connectivity index (χ0v) is 19.0. The van der Waals surface area contributed by atoms with Crippen LogP contribution in [0.4, 0.5) is 5.69 Å². The Labute approximate surface area is 190 Å². The van der Waals surface area contributed by atoms with Gasteiger partial charge in [-0.3, -0.25) is 19.0 Å². The van der Waals surface area contributed by atoms with E-state index in [9.17, 15) is 14.4 Å². The zero-order chi connectivity index (χ0) is 22.0. The van der Waals surface area contributed by atoms with Crippen molar-refractivity contribution in [1.29, 1.82) is 0 Å². The monoisotopic (exact) mass is 495 g/mol. The summed E-state index contributed by atoms with van der Waals surface area (Å²) in [6, 6.07) is 14.5. The second-order valence-electron chi connectivity index (χ2n) is 7.01. The Morgan fingerprint density at radius 3 is 2.48 bits per heavy atom. The van der Waals surface area contributed by atoms with Crippen LogP contribution in [0.5, 0.6) is 0 Å². The van der Waals surface area contributed by atoms with E-state index in [4.69, 9.17) is 0 Å². The number of aryl methyl sites for hydroxylation is 1. The first-order valence-electron chi connectivity index (χ1n) is 9.56. The van der Waals surface area contributed by atoms with Crippen molar-refractivity contribution in [3.63, 3.8) is 0 Å². The van der Waals surface area contributed by atoms with Crippen LogP contribution < -0.4 is 10.9 Å². The molecule has 2 heterocycles. The zero-order valence-electron chi connectivity index (χ0n) is 16.6. The molecule has 0 bridgehead atoms. The van der Waals surface area contributed by atoms with E-state index in [1.807, 2.05) is 29.6 Å². The van der Waals surface area contributed by atoms with Crippen LogP contribution in [-0.2, 0) is 11.3 Å². The third kappa shape index (κ3) is 4.65. The van der Waals surface area contributed by atoms with Crippen molar-refractivity contribution in [1.82, 2.24) is 9.55 Å². The minimum atomic E-state index is -0.221. The smallest absolute Gasteiger partial charge is 0.262 e. The van der Waals surface area contributed by atoms with E-state index in [1.54, 1.807) is 24.3 Å². The highest BCUT2D eigenvalue weighted by Crippen LogP contribution is 2.31. The molecule has 31 heavy (non-hydrogen) atoms. The summed E-state index contributed by atoms with van der Waals surface area (Å²) in [5.41, 5.74) is 2.81. The number of benzene rings is 2. The minimum Gasteiger partial charge on any atom is -0.326 e. The SMILES string of the molecule is CC(=O)c1ccc(NC(=O)CCn2cnc3scc(-c4ccc(Br)cc4)c3c2=O)cc1. The van der Waals surface area contributed by atoms with Crippen LogP contribution in [0.3, 0.4) is 0 Å². The van der Waals surface area contributed by atoms with Gasteiger partial charge in [-0.2, -0.15) is 0 Å². The highest BCUT2D eigenvalue weighted by molar-refractivity contribution is 9.10. The van der Waals surface area contributed by atoms with Gasteiger partial charge in [0.2, 0.25) is 5.91 Å². The molecule has 2 aromatic heterocycles. The molecular formula is C23H18BrN3O3S. The molecule has 4 aromatic rings. The molecule has 0 aliphatic rings. The molecule has 4 rings (SSSR count). The molecule has 0 unspecified atom stereocenters. The number of aromatic nitrogens is 2. The number of amides is 1. The van der Waals surface area contributed by atoms with E-state index < -0.39 is 0 Å². The van der Waals surface area contributed by atoms with Crippen LogP contribution in [0.2, 0.25) is 0 Å². The van der Waals surface area contributed by atoms with Gasteiger partial charge in [-0.1, -0.05) is 28.1 Å². The fraction of sp³-hybridized carbons (Fsp3) is 0.130. The predicted octanol–water partition coefficient (Wildman–Crippen LogP) is 5.12. The highest BCUT2D eigenvalue weighted by atomic mass is 79.9. The van der Waals surface area contributed by atoms with Gasteiger partial charge in [0.25, 0.3) is 5.56 Å². The lowest BCUT2D eigenvalue weighted by atomic mass is 10.1. The Hall–Kier alpha value is -3.10. The second kappa shape index (κ2) is 8.95. The number of carbonyl (C=O) groups is 2. The lowest BCUT2D eigenvalue weighted by Crippen LogP contribution is -2.23. The maximum absolute atomic E-state index is 13.1. The summed E-state index contributed by atoms with van der Waals surface area (Å²) in [7, 11) is 0. The van der Waals surface area contributed by atoms with E-state index in [2.05, 4.69) is 26.2 Å². The van der Waals surface area contributed by atoms with Gasteiger partial charge < -0.3 is 5.32 Å². The van der Waals surface area contributed by atoms with E-state index in [1.165, 1.54) is 29.2 Å². The summed E-state index contributed by atoms with van der Waals surface area (Å²) in [4.78, 5) is 41.8. The molecule has 0 saturated carbocycles. The number of nitrogens with zero attached hydrogens (tertiary/aromatic N) is 2. The molecule has 2 aromatic carbocycles. The standard InChI is InChI=1S/C23H18BrN3O3S/c1-14(28)15-4-8-18(9-5-15)26-20(29)10-11-27-13-25-22-21(23(27)30)19(12-31-22)16-2-6-17(24)7-3-16/h2-9,12-13H,10-11H2,1H3,(H,26,29). The van der Waals surface area contributed by atoms with E-state index in [0.29, 0.717) is 21.5 Å². The van der Waals surface area contributed by atoms with Crippen molar-refractivity contribution in [2.75, 3.05) is 5.32 Å². The van der Waals surface area contributed by atoms with Gasteiger partial charge in [0, 0.05) is 39.6 Å². The highest BCUT2D eigenvalue weighted by Gasteiger charge is 2.14. The molecule has 0 saturated heterocycles. The van der Waals surface area contributed by atoms with Gasteiger partial charge in [0.1, 0.15) is 4.83 Å². The van der Waals surface area contributed by atoms with Crippen LogP contribution in [0.15, 0.2) is 69.5 Å². The Kier molecular flexibility index (Phi) is 6.11. The van der Waals surface area contributed by atoms with Gasteiger partial charge in [0.15, 0.2) is 5.78 Å². The van der Waals surface area contributed by atoms with Gasteiger partial charge >= 0.3 is 0 Å². The summed E-state index contributed by atoms with van der Waals surface area (Å²) in [6.07, 6.45) is 1.61. The van der Waals surface area contributed by atoms with Gasteiger partial charge in [-0.05, 0) is 48.9 Å². The molecule has 0 fully saturated rings. The Balaban J connectivity index is 1.51. The normalized spacial score (nSPS) is 10.9. The topological polar surface area (TPSA) is 81.1 Å². The number of Topliss-reactive ketones (excluding diaryl/α,β-unsaturated/α-hetero) is 1. The van der Waals surface area contributed by atoms with Gasteiger partial charge in [-0.15, -0.1) is 11.3 Å². The summed E-state index contributed by atoms with van der Waals surface area (Å²) < 4.78 is 2.43. The third-order valence-electron chi connectivity index (χ3n) is 4.87. The molecule has 1 N–H and O–H groups in total. The number of hydrogen-bond acceptors (Lipinski definition) is 5. The molecule has 156 valence electrons. The molecular weight excluding hydrogens is 478 g/mol. The van der Waals surface area contributed by atoms with Crippen molar-refractivity contribution in [3.8, 4) is 11.1 Å². The molecule has 6 nitrogen and oxygen atoms in total. The summed E-state index contributed by atoms with van der Waals surface area (Å²) in [6.45, 7) is 1.71. The maximum Gasteiger partial charge on any atom is 0.262 e. The second-order valence-corrected chi connectivity index (χ2v) is 8.79. The third-order valence-corrected chi connectivity index (χ3v) is 6.29. The van der Waals surface area contributed by atoms with Crippen molar-refractivity contribution in [2.45, 2.75) is 19.9 Å². The number of thiophene rings is 1. The van der Waals surface area contributed by atoms with E-state index >= 15 is 0 Å². The first-order chi connectivity index (χ1) is 14.9. The van der Waals surface area contributed by atoms with Crippen LogP contribution in [0.1, 0.15) is 23.7 Å². The van der Waals surface area contributed by atoms with Crippen LogP contribution in [0.25, 0.3) is 21.3 Å². The van der Waals surface area contributed by atoms with Crippen LogP contribution in [0, 0.1) is 0 Å². The number of nitrogens with one attached hydrogen (secondary N) is 1. The number of rotatable bonds is 6. The lowest BCUT2D eigenvalue weighted by molar-refractivity contribution is -0.116. The molecule has 0 atom stereocenters. The van der Waals surface area contributed by atoms with E-state index in [0.717, 1.165) is 15.6 Å². The molecule has 0 spiro atoms. The lowest BCUT2D eigenvalue weighted by Gasteiger charge is -2.08. The number of ketones is 1. The molecule has 0 aliphatic heterocycles. The first kappa shape index (κ1) is 21.1. The quantitative estimate of drug-likeness (QED) is 0.376. The van der Waals surface area contributed by atoms with Crippen LogP contribution >= 0.6 is 27.3 Å². The fourth-order valence-electron chi connectivity index (χ4n) is 3.20.